The third-order valence-corrected chi connectivity index (χ3v) is 5.41. The number of carbonyl (C=O) groups excluding carboxylic acids is 1. The average molecular weight is 367 g/mol. The number of benzene rings is 1. The van der Waals surface area contributed by atoms with Crippen LogP contribution < -0.4 is 20.1 Å². The highest BCUT2D eigenvalue weighted by molar-refractivity contribution is 7.89. The Kier molecular flexibility index (Phi) is 6.98. The van der Waals surface area contributed by atoms with Crippen molar-refractivity contribution in [1.29, 1.82) is 0 Å². The van der Waals surface area contributed by atoms with Crippen LogP contribution in [0.3, 0.4) is 0 Å². The fourth-order valence-electron chi connectivity index (χ4n) is 2.48. The zero-order chi connectivity index (χ0) is 18.3. The van der Waals surface area contributed by atoms with Crippen LogP contribution in [0.4, 0.5) is 0 Å². The van der Waals surface area contributed by atoms with Gasteiger partial charge in [0.05, 0.1) is 12.0 Å². The molecule has 0 fully saturated rings. The summed E-state index contributed by atoms with van der Waals surface area (Å²) in [6, 6.07) is 4.64. The van der Waals surface area contributed by atoms with E-state index in [4.69, 9.17) is 4.74 Å². The highest BCUT2D eigenvalue weighted by atomic mass is 32.2. The highest BCUT2D eigenvalue weighted by Gasteiger charge is 2.17. The average Bonchev–Trinajstić information content (AvgIpc) is 2.65. The Morgan fingerprint density at radius 2 is 2.12 bits per heavy atom. The second-order valence-corrected chi connectivity index (χ2v) is 7.51. The highest BCUT2D eigenvalue weighted by Crippen LogP contribution is 2.22. The van der Waals surface area contributed by atoms with Crippen molar-refractivity contribution < 1.29 is 17.9 Å². The summed E-state index contributed by atoms with van der Waals surface area (Å²) < 4.78 is 33.0. The molecule has 0 aliphatic carbocycles. The molecule has 0 spiro atoms. The van der Waals surface area contributed by atoms with Gasteiger partial charge in [-0.05, 0) is 31.2 Å². The third-order valence-electron chi connectivity index (χ3n) is 4.01. The first-order valence-electron chi connectivity index (χ1n) is 8.28. The van der Waals surface area contributed by atoms with Gasteiger partial charge in [-0.1, -0.05) is 18.6 Å². The number of ether oxygens (including phenoxy) is 1. The normalized spacial score (nSPS) is 14.7. The molecule has 0 saturated carbocycles. The zero-order valence-corrected chi connectivity index (χ0v) is 15.4. The molecule has 1 aromatic carbocycles. The van der Waals surface area contributed by atoms with E-state index in [0.717, 1.165) is 25.1 Å². The van der Waals surface area contributed by atoms with Gasteiger partial charge in [-0.3, -0.25) is 4.79 Å². The van der Waals surface area contributed by atoms with Crippen LogP contribution in [0.1, 0.15) is 25.3 Å². The summed E-state index contributed by atoms with van der Waals surface area (Å²) >= 11 is 0. The van der Waals surface area contributed by atoms with Crippen LogP contribution >= 0.6 is 0 Å². The number of carbonyl (C=O) groups is 1. The van der Waals surface area contributed by atoms with Gasteiger partial charge in [0.1, 0.15) is 5.75 Å². The van der Waals surface area contributed by atoms with E-state index in [1.54, 1.807) is 13.0 Å². The van der Waals surface area contributed by atoms with E-state index in [2.05, 4.69) is 15.4 Å². The number of rotatable bonds is 8. The van der Waals surface area contributed by atoms with Crippen LogP contribution in [0.25, 0.3) is 0 Å². The standard InChI is InChI=1S/C17H25N3O4S/c1-3-17(21)19-12-14-10-15(4-5-16(14)24-2)25(22,23)20-11-13-6-8-18-9-7-13/h4-6,10,18,20H,3,7-9,11-12H2,1-2H3,(H,19,21). The minimum atomic E-state index is -3.63. The summed E-state index contributed by atoms with van der Waals surface area (Å²) in [6.07, 6.45) is 3.21. The monoisotopic (exact) mass is 367 g/mol. The van der Waals surface area contributed by atoms with Crippen LogP contribution in [0, 0.1) is 0 Å². The minimum absolute atomic E-state index is 0.105. The smallest absolute Gasteiger partial charge is 0.240 e. The summed E-state index contributed by atoms with van der Waals surface area (Å²) in [5.41, 5.74) is 1.69. The van der Waals surface area contributed by atoms with Gasteiger partial charge in [-0.25, -0.2) is 13.1 Å². The number of methoxy groups -OCH3 is 1. The fourth-order valence-corrected chi connectivity index (χ4v) is 3.57. The lowest BCUT2D eigenvalue weighted by atomic mass is 10.1. The Balaban J connectivity index is 2.13. The van der Waals surface area contributed by atoms with Crippen LogP contribution in [0.15, 0.2) is 34.7 Å². The van der Waals surface area contributed by atoms with E-state index in [9.17, 15) is 13.2 Å². The first kappa shape index (κ1) is 19.4. The second kappa shape index (κ2) is 8.98. The van der Waals surface area contributed by atoms with Crippen molar-refractivity contribution in [3.8, 4) is 5.75 Å². The quantitative estimate of drug-likeness (QED) is 0.594. The molecule has 0 atom stereocenters. The van der Waals surface area contributed by atoms with E-state index in [1.165, 1.54) is 19.2 Å². The zero-order valence-electron chi connectivity index (χ0n) is 14.6. The van der Waals surface area contributed by atoms with Gasteiger partial charge >= 0.3 is 0 Å². The third kappa shape index (κ3) is 5.55. The Bertz CT molecular complexity index is 744. The number of sulfonamides is 1. The molecule has 1 aliphatic rings. The largest absolute Gasteiger partial charge is 0.496 e. The van der Waals surface area contributed by atoms with Crippen molar-refractivity contribution in [2.75, 3.05) is 26.7 Å². The molecule has 0 radical (unpaired) electrons. The van der Waals surface area contributed by atoms with Crippen molar-refractivity contribution in [3.05, 3.63) is 35.4 Å². The Morgan fingerprint density at radius 1 is 1.32 bits per heavy atom. The molecule has 0 bridgehead atoms. The van der Waals surface area contributed by atoms with Gasteiger partial charge in [-0.2, -0.15) is 0 Å². The predicted molar refractivity (Wildman–Crippen MR) is 95.9 cm³/mol. The van der Waals surface area contributed by atoms with Gasteiger partial charge in [0, 0.05) is 31.6 Å². The first-order chi connectivity index (χ1) is 12.0. The number of nitrogens with one attached hydrogen (secondary N) is 3. The lowest BCUT2D eigenvalue weighted by molar-refractivity contribution is -0.120. The van der Waals surface area contributed by atoms with Crippen LogP contribution in [-0.4, -0.2) is 41.1 Å². The van der Waals surface area contributed by atoms with Crippen molar-refractivity contribution in [3.63, 3.8) is 0 Å². The van der Waals surface area contributed by atoms with Crippen LogP contribution in [0.2, 0.25) is 0 Å². The van der Waals surface area contributed by atoms with Crippen molar-refractivity contribution in [1.82, 2.24) is 15.4 Å². The Labute approximate surface area is 148 Å². The summed E-state index contributed by atoms with van der Waals surface area (Å²) in [6.45, 7) is 3.90. The molecule has 8 heteroatoms. The molecule has 1 amide bonds. The molecule has 138 valence electrons. The lowest BCUT2D eigenvalue weighted by Crippen LogP contribution is -2.30. The summed E-state index contributed by atoms with van der Waals surface area (Å²) in [5, 5.41) is 5.93. The molecular weight excluding hydrogens is 342 g/mol. The number of hydrogen-bond donors (Lipinski definition) is 3. The molecule has 2 rings (SSSR count). The summed E-state index contributed by atoms with van der Waals surface area (Å²) in [5.74, 6) is 0.433. The first-order valence-corrected chi connectivity index (χ1v) is 9.76. The summed E-state index contributed by atoms with van der Waals surface area (Å²) in [7, 11) is -2.12. The van der Waals surface area contributed by atoms with Crippen LogP contribution in [0.5, 0.6) is 5.75 Å². The minimum Gasteiger partial charge on any atom is -0.496 e. The summed E-state index contributed by atoms with van der Waals surface area (Å²) in [4.78, 5) is 11.6. The maximum atomic E-state index is 12.5. The van der Waals surface area contributed by atoms with E-state index >= 15 is 0 Å². The van der Waals surface area contributed by atoms with E-state index in [1.807, 2.05) is 6.08 Å². The van der Waals surface area contributed by atoms with Gasteiger partial charge in [0.15, 0.2) is 0 Å². The van der Waals surface area contributed by atoms with E-state index in [-0.39, 0.29) is 17.3 Å². The van der Waals surface area contributed by atoms with E-state index < -0.39 is 10.0 Å². The van der Waals surface area contributed by atoms with Gasteiger partial charge in [0.25, 0.3) is 0 Å². The van der Waals surface area contributed by atoms with Crippen molar-refractivity contribution >= 4 is 15.9 Å². The Morgan fingerprint density at radius 3 is 2.76 bits per heavy atom. The van der Waals surface area contributed by atoms with Gasteiger partial charge in [-0.15, -0.1) is 0 Å². The van der Waals surface area contributed by atoms with Crippen molar-refractivity contribution in [2.24, 2.45) is 0 Å². The Hall–Kier alpha value is -1.90. The van der Waals surface area contributed by atoms with Crippen LogP contribution in [-0.2, 0) is 21.4 Å². The SMILES string of the molecule is CCC(=O)NCc1cc(S(=O)(=O)NCC2=CCNCC2)ccc1OC. The maximum absolute atomic E-state index is 12.5. The molecule has 1 aliphatic heterocycles. The van der Waals surface area contributed by atoms with Gasteiger partial charge in [0.2, 0.25) is 15.9 Å². The van der Waals surface area contributed by atoms with E-state index in [0.29, 0.717) is 24.3 Å². The lowest BCUT2D eigenvalue weighted by Gasteiger charge is -2.16. The molecule has 0 aromatic heterocycles. The molecule has 1 heterocycles. The molecule has 25 heavy (non-hydrogen) atoms. The predicted octanol–water partition coefficient (Wildman–Crippen LogP) is 0.919. The molecular formula is C17H25N3O4S. The molecule has 7 nitrogen and oxygen atoms in total. The van der Waals surface area contributed by atoms with Crippen molar-refractivity contribution in [2.45, 2.75) is 31.2 Å². The number of hydrogen-bond acceptors (Lipinski definition) is 5. The maximum Gasteiger partial charge on any atom is 0.240 e. The molecule has 1 aromatic rings. The number of amides is 1. The fraction of sp³-hybridized carbons (Fsp3) is 0.471. The topological polar surface area (TPSA) is 96.5 Å². The van der Waals surface area contributed by atoms with Gasteiger partial charge < -0.3 is 15.4 Å². The molecule has 0 unspecified atom stereocenters. The molecule has 3 N–H and O–H groups in total. The second-order valence-electron chi connectivity index (χ2n) is 5.74. The molecule has 0 saturated heterocycles.